The van der Waals surface area contributed by atoms with Gasteiger partial charge in [-0.15, -0.1) is 5.10 Å². The summed E-state index contributed by atoms with van der Waals surface area (Å²) in [6, 6.07) is 18.4. The smallest absolute Gasteiger partial charge is 0.241 e. The lowest BCUT2D eigenvalue weighted by molar-refractivity contribution is 0.213. The molecule has 1 aromatic heterocycles. The molecule has 0 amide bonds. The summed E-state index contributed by atoms with van der Waals surface area (Å²) in [7, 11) is 0. The third-order valence-corrected chi connectivity index (χ3v) is 4.41. The molecule has 4 heteroatoms. The molecule has 1 aliphatic heterocycles. The summed E-state index contributed by atoms with van der Waals surface area (Å²) < 4.78 is 8.05. The Morgan fingerprint density at radius 2 is 1.91 bits per heavy atom. The first kappa shape index (κ1) is 14.3. The van der Waals surface area contributed by atoms with Gasteiger partial charge in [-0.1, -0.05) is 30.3 Å². The predicted octanol–water partition coefficient (Wildman–Crippen LogP) is 3.40. The highest BCUT2D eigenvalue weighted by molar-refractivity contribution is 5.85. The van der Waals surface area contributed by atoms with Crippen molar-refractivity contribution in [2.75, 3.05) is 19.7 Å². The van der Waals surface area contributed by atoms with Crippen molar-refractivity contribution in [1.82, 2.24) is 15.1 Å². The number of nitrogens with zero attached hydrogens (tertiary/aromatic N) is 2. The molecule has 2 aromatic carbocycles. The summed E-state index contributed by atoms with van der Waals surface area (Å²) in [6.07, 6.45) is 2.46. The third-order valence-electron chi connectivity index (χ3n) is 4.41. The number of para-hydroxylation sites is 2. The zero-order valence-corrected chi connectivity index (χ0v) is 13.1. The van der Waals surface area contributed by atoms with Crippen LogP contribution >= 0.6 is 0 Å². The van der Waals surface area contributed by atoms with Gasteiger partial charge in [-0.25, -0.2) is 4.68 Å². The lowest BCUT2D eigenvalue weighted by atomic mass is 10.0. The van der Waals surface area contributed by atoms with Crippen molar-refractivity contribution in [2.24, 2.45) is 5.92 Å². The standard InChI is InChI=1S/C19H21N3O/c1-2-8-16(9-3-1)22-18-11-5-4-10-17(18)19(21-22)23-14-15-7-6-12-20-13-15/h1-5,8-11,15,20H,6-7,12-14H2/t15-/m0/s1. The van der Waals surface area contributed by atoms with Crippen LogP contribution in [0.25, 0.3) is 16.6 Å². The molecule has 23 heavy (non-hydrogen) atoms. The lowest BCUT2D eigenvalue weighted by Gasteiger charge is -2.22. The summed E-state index contributed by atoms with van der Waals surface area (Å²) >= 11 is 0. The van der Waals surface area contributed by atoms with Gasteiger partial charge in [0.25, 0.3) is 0 Å². The van der Waals surface area contributed by atoms with Crippen LogP contribution in [0.5, 0.6) is 5.88 Å². The molecule has 2 heterocycles. The highest BCUT2D eigenvalue weighted by atomic mass is 16.5. The second kappa shape index (κ2) is 6.42. The first-order valence-electron chi connectivity index (χ1n) is 8.28. The Morgan fingerprint density at radius 1 is 1.09 bits per heavy atom. The van der Waals surface area contributed by atoms with Crippen LogP contribution in [0.1, 0.15) is 12.8 Å². The van der Waals surface area contributed by atoms with Crippen LogP contribution in [0, 0.1) is 5.92 Å². The lowest BCUT2D eigenvalue weighted by Crippen LogP contribution is -2.33. The monoisotopic (exact) mass is 307 g/mol. The Bertz CT molecular complexity index is 776. The number of nitrogens with one attached hydrogen (secondary N) is 1. The molecule has 4 nitrogen and oxygen atoms in total. The highest BCUT2D eigenvalue weighted by Gasteiger charge is 2.17. The number of fused-ring (bicyclic) bond motifs is 1. The SMILES string of the molecule is c1ccc(-n2nc(OC[C@H]3CCCNC3)c3ccccc32)cc1. The van der Waals surface area contributed by atoms with Gasteiger partial charge in [-0.2, -0.15) is 0 Å². The minimum absolute atomic E-state index is 0.574. The van der Waals surface area contributed by atoms with E-state index >= 15 is 0 Å². The summed E-state index contributed by atoms with van der Waals surface area (Å²) in [6.45, 7) is 2.89. The highest BCUT2D eigenvalue weighted by Crippen LogP contribution is 2.28. The Labute approximate surface area is 136 Å². The average molecular weight is 307 g/mol. The predicted molar refractivity (Wildman–Crippen MR) is 92.2 cm³/mol. The van der Waals surface area contributed by atoms with E-state index in [2.05, 4.69) is 29.6 Å². The minimum atomic E-state index is 0.574. The van der Waals surface area contributed by atoms with E-state index in [1.165, 1.54) is 12.8 Å². The maximum absolute atomic E-state index is 6.09. The van der Waals surface area contributed by atoms with Crippen LogP contribution < -0.4 is 10.1 Å². The van der Waals surface area contributed by atoms with Gasteiger partial charge in [0.1, 0.15) is 0 Å². The zero-order chi connectivity index (χ0) is 15.5. The molecule has 4 rings (SSSR count). The Kier molecular flexibility index (Phi) is 3.99. The summed E-state index contributed by atoms with van der Waals surface area (Å²) in [5.41, 5.74) is 2.13. The topological polar surface area (TPSA) is 39.1 Å². The molecule has 1 N–H and O–H groups in total. The van der Waals surface area contributed by atoms with Crippen molar-refractivity contribution in [1.29, 1.82) is 0 Å². The molecule has 0 bridgehead atoms. The largest absolute Gasteiger partial charge is 0.476 e. The van der Waals surface area contributed by atoms with Crippen LogP contribution in [0.4, 0.5) is 0 Å². The normalized spacial score (nSPS) is 18.2. The first-order valence-corrected chi connectivity index (χ1v) is 8.28. The average Bonchev–Trinajstić information content (AvgIpc) is 3.01. The fourth-order valence-electron chi connectivity index (χ4n) is 3.17. The molecular formula is C19H21N3O. The fourth-order valence-corrected chi connectivity index (χ4v) is 3.17. The van der Waals surface area contributed by atoms with Gasteiger partial charge in [-0.3, -0.25) is 0 Å². The van der Waals surface area contributed by atoms with E-state index in [1.54, 1.807) is 0 Å². The summed E-state index contributed by atoms with van der Waals surface area (Å²) in [5.74, 6) is 1.31. The number of piperidine rings is 1. The van der Waals surface area contributed by atoms with Gasteiger partial charge >= 0.3 is 0 Å². The molecule has 1 saturated heterocycles. The Hall–Kier alpha value is -2.33. The molecule has 0 unspecified atom stereocenters. The number of benzene rings is 2. The van der Waals surface area contributed by atoms with E-state index in [-0.39, 0.29) is 0 Å². The Balaban J connectivity index is 1.64. The van der Waals surface area contributed by atoms with E-state index in [9.17, 15) is 0 Å². The molecule has 1 fully saturated rings. The molecule has 3 aromatic rings. The third kappa shape index (κ3) is 2.94. The number of hydrogen-bond donors (Lipinski definition) is 1. The number of ether oxygens (including phenoxy) is 1. The van der Waals surface area contributed by atoms with Crippen molar-refractivity contribution in [3.63, 3.8) is 0 Å². The van der Waals surface area contributed by atoms with Gasteiger partial charge in [-0.05, 0) is 43.7 Å². The maximum Gasteiger partial charge on any atom is 0.241 e. The molecule has 0 saturated carbocycles. The van der Waals surface area contributed by atoms with E-state index in [0.29, 0.717) is 5.92 Å². The molecule has 0 radical (unpaired) electrons. The maximum atomic E-state index is 6.09. The molecule has 0 spiro atoms. The van der Waals surface area contributed by atoms with Crippen molar-refractivity contribution in [3.8, 4) is 11.6 Å². The number of aromatic nitrogens is 2. The van der Waals surface area contributed by atoms with E-state index in [0.717, 1.165) is 42.2 Å². The Morgan fingerprint density at radius 3 is 2.74 bits per heavy atom. The van der Waals surface area contributed by atoms with Gasteiger partial charge in [0.2, 0.25) is 5.88 Å². The van der Waals surface area contributed by atoms with Gasteiger partial charge in [0.05, 0.1) is 23.2 Å². The summed E-state index contributed by atoms with van der Waals surface area (Å²) in [5, 5.41) is 9.22. The second-order valence-electron chi connectivity index (χ2n) is 6.09. The van der Waals surface area contributed by atoms with Crippen LogP contribution in [-0.2, 0) is 0 Å². The van der Waals surface area contributed by atoms with Crippen LogP contribution in [-0.4, -0.2) is 29.5 Å². The zero-order valence-electron chi connectivity index (χ0n) is 13.1. The van der Waals surface area contributed by atoms with Gasteiger partial charge < -0.3 is 10.1 Å². The van der Waals surface area contributed by atoms with Gasteiger partial charge in [0, 0.05) is 12.5 Å². The van der Waals surface area contributed by atoms with Crippen molar-refractivity contribution < 1.29 is 4.74 Å². The fraction of sp³-hybridized carbons (Fsp3) is 0.316. The molecule has 0 aliphatic carbocycles. The first-order chi connectivity index (χ1) is 11.4. The molecule has 1 aliphatic rings. The van der Waals surface area contributed by atoms with Crippen LogP contribution in [0.2, 0.25) is 0 Å². The molecular weight excluding hydrogens is 286 g/mol. The number of hydrogen-bond acceptors (Lipinski definition) is 3. The van der Waals surface area contributed by atoms with Crippen LogP contribution in [0.15, 0.2) is 54.6 Å². The van der Waals surface area contributed by atoms with Crippen molar-refractivity contribution in [3.05, 3.63) is 54.6 Å². The second-order valence-corrected chi connectivity index (χ2v) is 6.09. The van der Waals surface area contributed by atoms with E-state index < -0.39 is 0 Å². The van der Waals surface area contributed by atoms with E-state index in [4.69, 9.17) is 9.84 Å². The summed E-state index contributed by atoms with van der Waals surface area (Å²) in [4.78, 5) is 0. The van der Waals surface area contributed by atoms with Gasteiger partial charge in [0.15, 0.2) is 0 Å². The van der Waals surface area contributed by atoms with Crippen molar-refractivity contribution >= 4 is 10.9 Å². The molecule has 1 atom stereocenters. The van der Waals surface area contributed by atoms with Crippen LogP contribution in [0.3, 0.4) is 0 Å². The van der Waals surface area contributed by atoms with E-state index in [1.807, 2.05) is 35.0 Å². The minimum Gasteiger partial charge on any atom is -0.476 e. The van der Waals surface area contributed by atoms with Crippen molar-refractivity contribution in [2.45, 2.75) is 12.8 Å². The molecule has 118 valence electrons. The number of rotatable bonds is 4. The quantitative estimate of drug-likeness (QED) is 0.803.